The molecule has 0 unspecified atom stereocenters. The number of hydrogen-bond acceptors (Lipinski definition) is 0. The van der Waals surface area contributed by atoms with Crippen molar-refractivity contribution < 1.29 is 49.0 Å². The Bertz CT molecular complexity index is 1560. The maximum absolute atomic E-state index is 3.53. The van der Waals surface area contributed by atoms with Crippen LogP contribution in [0.2, 0.25) is 0 Å². The van der Waals surface area contributed by atoms with Gasteiger partial charge in [-0.25, -0.2) is 11.6 Å². The van der Waals surface area contributed by atoms with Crippen LogP contribution in [0, 0.1) is 17.6 Å². The summed E-state index contributed by atoms with van der Waals surface area (Å²) >= 11 is 1.46. The van der Waals surface area contributed by atoms with Crippen molar-refractivity contribution in [2.45, 2.75) is 92.4 Å². The summed E-state index contributed by atoms with van der Waals surface area (Å²) in [7, 11) is 0. The minimum absolute atomic E-state index is 0. The summed E-state index contributed by atoms with van der Waals surface area (Å²) in [6, 6.07) is 36.2. The Labute approximate surface area is 313 Å². The van der Waals surface area contributed by atoms with E-state index in [1.54, 1.807) is 0 Å². The van der Waals surface area contributed by atoms with Crippen LogP contribution in [0.4, 0.5) is 0 Å². The Morgan fingerprint density at radius 1 is 0.702 bits per heavy atom. The molecule has 0 saturated heterocycles. The van der Waals surface area contributed by atoms with Crippen LogP contribution in [-0.2, 0) is 41.5 Å². The van der Waals surface area contributed by atoms with Crippen molar-refractivity contribution >= 4 is 3.21 Å². The molecule has 0 atom stereocenters. The van der Waals surface area contributed by atoms with E-state index < -0.39 is 0 Å². The van der Waals surface area contributed by atoms with Crippen molar-refractivity contribution in [3.05, 3.63) is 154 Å². The van der Waals surface area contributed by atoms with E-state index in [4.69, 9.17) is 0 Å². The van der Waals surface area contributed by atoms with Crippen LogP contribution in [0.25, 0.3) is 11.1 Å². The van der Waals surface area contributed by atoms with E-state index in [9.17, 15) is 0 Å². The van der Waals surface area contributed by atoms with E-state index in [2.05, 4.69) is 178 Å². The molecule has 0 spiro atoms. The third-order valence-corrected chi connectivity index (χ3v) is 10.4. The second-order valence-corrected chi connectivity index (χ2v) is 16.1. The Balaban J connectivity index is 0.000000258. The SMILES string of the molecule is CC(C)(C)c1c[c-]c2c(c1)-c1cc(C(C)(C)C)ccc1C2.CCC(C)(C)C1=[C-]CC=C1.[Cl-].[Cl-].[Zr+2]=[C](c1ccccc1)c1ccccc1. The van der Waals surface area contributed by atoms with Gasteiger partial charge in [-0.05, 0) is 29.2 Å². The Kier molecular flexibility index (Phi) is 15.1. The standard InChI is InChI=1S/C21H25.C13H10.C10H15.2ClH.Zr/c1-20(2,3)16-9-7-14-11-15-8-10-17(21(4,5)6)13-19(15)18(14)12-16;1-3-7-12(8-4-1)11-13-9-5-2-6-10-13;1-4-10(2,3)9-7-5-6-8-9;;;/h7,9-10,12-13H,11H2,1-6H3;1-10H;5,7H,4,6H2,1-3H3;2*1H;/q-1;;-1;;;+2/p-2. The van der Waals surface area contributed by atoms with Crippen molar-refractivity contribution in [3.63, 3.8) is 0 Å². The molecular formula is C44H50Cl2Zr-2. The van der Waals surface area contributed by atoms with Crippen molar-refractivity contribution in [2.75, 3.05) is 0 Å². The van der Waals surface area contributed by atoms with Gasteiger partial charge >= 0.3 is 99.2 Å². The van der Waals surface area contributed by atoms with E-state index in [0.29, 0.717) is 5.41 Å². The molecule has 4 aromatic carbocycles. The predicted molar refractivity (Wildman–Crippen MR) is 192 cm³/mol. The number of benzene rings is 4. The summed E-state index contributed by atoms with van der Waals surface area (Å²) in [6.07, 6.45) is 11.0. The molecule has 0 nitrogen and oxygen atoms in total. The molecule has 2 aliphatic carbocycles. The Morgan fingerprint density at radius 3 is 1.70 bits per heavy atom. The van der Waals surface area contributed by atoms with Crippen molar-refractivity contribution in [1.29, 1.82) is 0 Å². The number of hydrogen-bond donors (Lipinski definition) is 0. The zero-order valence-electron chi connectivity index (χ0n) is 29.7. The van der Waals surface area contributed by atoms with Crippen LogP contribution in [0.3, 0.4) is 0 Å². The second kappa shape index (κ2) is 17.4. The molecule has 0 saturated carbocycles. The van der Waals surface area contributed by atoms with Crippen molar-refractivity contribution in [3.8, 4) is 11.1 Å². The second-order valence-electron chi connectivity index (χ2n) is 14.9. The van der Waals surface area contributed by atoms with Gasteiger partial charge in [-0.2, -0.15) is 35.4 Å². The van der Waals surface area contributed by atoms with Crippen LogP contribution in [0.5, 0.6) is 0 Å². The van der Waals surface area contributed by atoms with Crippen molar-refractivity contribution in [2.24, 2.45) is 5.41 Å². The molecule has 0 radical (unpaired) electrons. The molecule has 2 aliphatic rings. The van der Waals surface area contributed by atoms with Gasteiger partial charge in [-0.15, -0.1) is 12.0 Å². The van der Waals surface area contributed by atoms with Crippen LogP contribution < -0.4 is 24.8 Å². The van der Waals surface area contributed by atoms with E-state index in [0.717, 1.165) is 12.8 Å². The van der Waals surface area contributed by atoms with Gasteiger partial charge in [0.2, 0.25) is 0 Å². The molecule has 6 rings (SSSR count). The van der Waals surface area contributed by atoms with Gasteiger partial charge in [0.25, 0.3) is 0 Å². The first-order valence-electron chi connectivity index (χ1n) is 16.4. The first kappa shape index (κ1) is 40.9. The van der Waals surface area contributed by atoms with Gasteiger partial charge in [-0.1, -0.05) is 97.1 Å². The average Bonchev–Trinajstić information content (AvgIpc) is 3.70. The first-order chi connectivity index (χ1) is 21.2. The maximum atomic E-state index is 3.53. The van der Waals surface area contributed by atoms with Crippen LogP contribution in [0.15, 0.2) is 109 Å². The van der Waals surface area contributed by atoms with Gasteiger partial charge in [0.15, 0.2) is 0 Å². The summed E-state index contributed by atoms with van der Waals surface area (Å²) in [5.74, 6) is 0. The monoisotopic (exact) mass is 738 g/mol. The molecule has 4 aromatic rings. The topological polar surface area (TPSA) is 0 Å². The molecule has 0 fully saturated rings. The molecule has 0 bridgehead atoms. The fourth-order valence-electron chi connectivity index (χ4n) is 5.42. The quantitative estimate of drug-likeness (QED) is 0.212. The van der Waals surface area contributed by atoms with Gasteiger partial charge in [0.1, 0.15) is 0 Å². The van der Waals surface area contributed by atoms with Crippen LogP contribution in [-0.4, -0.2) is 3.21 Å². The number of allylic oxidation sites excluding steroid dienone is 4. The minimum atomic E-state index is 0. The summed E-state index contributed by atoms with van der Waals surface area (Å²) in [5, 5.41) is 0. The van der Waals surface area contributed by atoms with Gasteiger partial charge in [0.05, 0.1) is 0 Å². The molecule has 0 aliphatic heterocycles. The van der Waals surface area contributed by atoms with E-state index >= 15 is 0 Å². The predicted octanol–water partition coefficient (Wildman–Crippen LogP) is 5.58. The zero-order chi connectivity index (χ0) is 32.8. The molecule has 47 heavy (non-hydrogen) atoms. The summed E-state index contributed by atoms with van der Waals surface area (Å²) in [4.78, 5) is 0. The Hall–Kier alpha value is -2.31. The first-order valence-corrected chi connectivity index (χ1v) is 17.6. The number of fused-ring (bicyclic) bond motifs is 3. The van der Waals surface area contributed by atoms with E-state index in [1.807, 2.05) is 0 Å². The third-order valence-electron chi connectivity index (χ3n) is 8.96. The zero-order valence-corrected chi connectivity index (χ0v) is 33.7. The summed E-state index contributed by atoms with van der Waals surface area (Å²) in [6.45, 7) is 20.4. The molecule has 0 amide bonds. The van der Waals surface area contributed by atoms with Crippen molar-refractivity contribution in [1.82, 2.24) is 0 Å². The molecule has 0 heterocycles. The summed E-state index contributed by atoms with van der Waals surface area (Å²) in [5.41, 5.74) is 13.1. The number of rotatable bonds is 4. The average molecular weight is 741 g/mol. The normalized spacial score (nSPS) is 13.0. The van der Waals surface area contributed by atoms with E-state index in [-0.39, 0.29) is 35.6 Å². The molecule has 0 N–H and O–H groups in total. The van der Waals surface area contributed by atoms with Gasteiger partial charge < -0.3 is 24.8 Å². The van der Waals surface area contributed by atoms with Crippen LogP contribution in [0.1, 0.15) is 109 Å². The molecule has 0 aromatic heterocycles. The number of halogens is 2. The third kappa shape index (κ3) is 10.8. The molecule has 3 heteroatoms. The van der Waals surface area contributed by atoms with Gasteiger partial charge in [0, 0.05) is 0 Å². The fourth-order valence-corrected chi connectivity index (χ4v) is 6.24. The fraction of sp³-hybridized carbons (Fsp3) is 0.341. The van der Waals surface area contributed by atoms with E-state index in [1.165, 1.54) is 83.9 Å². The van der Waals surface area contributed by atoms with Crippen LogP contribution >= 0.6 is 0 Å². The Morgan fingerprint density at radius 2 is 1.23 bits per heavy atom. The summed E-state index contributed by atoms with van der Waals surface area (Å²) < 4.78 is 1.42. The van der Waals surface area contributed by atoms with Gasteiger partial charge in [-0.3, -0.25) is 6.08 Å². The molecular weight excluding hydrogens is 691 g/mol. The molecule has 246 valence electrons.